The molecule has 0 radical (unpaired) electrons. The van der Waals surface area contributed by atoms with Crippen molar-refractivity contribution in [1.82, 2.24) is 4.98 Å². The molecule has 2 N–H and O–H groups in total. The Morgan fingerprint density at radius 2 is 2.10 bits per heavy atom. The molecule has 0 aliphatic heterocycles. The summed E-state index contributed by atoms with van der Waals surface area (Å²) in [7, 11) is 0. The number of carbonyl (C=O) groups is 1. The van der Waals surface area contributed by atoms with Crippen molar-refractivity contribution in [3.05, 3.63) is 16.1 Å². The molecule has 1 heterocycles. The SMILES string of the molecule is CCCC(CCN)CCC(=O)c1cnc(C(F)(F)F)s1. The highest BCUT2D eigenvalue weighted by Crippen LogP contribution is 2.33. The maximum absolute atomic E-state index is 12.4. The van der Waals surface area contributed by atoms with E-state index in [1.165, 1.54) is 0 Å². The molecule has 1 aromatic heterocycles. The van der Waals surface area contributed by atoms with Gasteiger partial charge in [0.15, 0.2) is 10.8 Å². The lowest BCUT2D eigenvalue weighted by Gasteiger charge is -2.13. The van der Waals surface area contributed by atoms with Crippen molar-refractivity contribution in [2.75, 3.05) is 6.54 Å². The van der Waals surface area contributed by atoms with Gasteiger partial charge in [0, 0.05) is 12.6 Å². The van der Waals surface area contributed by atoms with Crippen LogP contribution in [0.5, 0.6) is 0 Å². The van der Waals surface area contributed by atoms with Crippen LogP contribution in [0.25, 0.3) is 0 Å². The van der Waals surface area contributed by atoms with Crippen molar-refractivity contribution < 1.29 is 18.0 Å². The number of Topliss-reactive ketones (excluding diaryl/α,β-unsaturated/α-hetero) is 1. The molecule has 0 saturated heterocycles. The number of aromatic nitrogens is 1. The summed E-state index contributed by atoms with van der Waals surface area (Å²) < 4.78 is 37.2. The smallest absolute Gasteiger partial charge is 0.330 e. The van der Waals surface area contributed by atoms with Gasteiger partial charge in [-0.2, -0.15) is 13.2 Å². The number of nitrogens with zero attached hydrogens (tertiary/aromatic N) is 1. The first-order valence-corrected chi connectivity index (χ1v) is 7.46. The number of nitrogens with two attached hydrogens (primary N) is 1. The second-order valence-electron chi connectivity index (χ2n) is 4.72. The first kappa shape index (κ1) is 17.1. The van der Waals surface area contributed by atoms with Crippen LogP contribution < -0.4 is 5.73 Å². The Morgan fingerprint density at radius 1 is 1.40 bits per heavy atom. The van der Waals surface area contributed by atoms with E-state index in [-0.39, 0.29) is 17.1 Å². The average Bonchev–Trinajstić information content (AvgIpc) is 2.85. The molecule has 0 saturated carbocycles. The van der Waals surface area contributed by atoms with Crippen LogP contribution in [0.2, 0.25) is 0 Å². The van der Waals surface area contributed by atoms with Crippen LogP contribution in [0.15, 0.2) is 6.20 Å². The van der Waals surface area contributed by atoms with Crippen LogP contribution in [0.1, 0.15) is 53.7 Å². The molecule has 1 rings (SSSR count). The van der Waals surface area contributed by atoms with Crippen LogP contribution >= 0.6 is 11.3 Å². The number of ketones is 1. The second kappa shape index (κ2) is 7.73. The lowest BCUT2D eigenvalue weighted by atomic mass is 9.93. The molecule has 20 heavy (non-hydrogen) atoms. The third-order valence-corrected chi connectivity index (χ3v) is 4.16. The molecule has 0 bridgehead atoms. The number of thiazole rings is 1. The first-order chi connectivity index (χ1) is 9.38. The van der Waals surface area contributed by atoms with E-state index in [0.29, 0.717) is 30.2 Å². The van der Waals surface area contributed by atoms with Gasteiger partial charge in [0.2, 0.25) is 0 Å². The van der Waals surface area contributed by atoms with Gasteiger partial charge >= 0.3 is 6.18 Å². The van der Waals surface area contributed by atoms with Gasteiger partial charge in [0.25, 0.3) is 0 Å². The van der Waals surface area contributed by atoms with E-state index in [9.17, 15) is 18.0 Å². The molecule has 1 unspecified atom stereocenters. The molecule has 0 fully saturated rings. The minimum atomic E-state index is -4.48. The zero-order chi connectivity index (χ0) is 15.2. The topological polar surface area (TPSA) is 56.0 Å². The summed E-state index contributed by atoms with van der Waals surface area (Å²) in [5.41, 5.74) is 5.51. The quantitative estimate of drug-likeness (QED) is 0.741. The third-order valence-electron chi connectivity index (χ3n) is 3.07. The third kappa shape index (κ3) is 5.20. The molecule has 0 amide bonds. The van der Waals surface area contributed by atoms with Crippen LogP contribution in [0.4, 0.5) is 13.2 Å². The van der Waals surface area contributed by atoms with E-state index >= 15 is 0 Å². The Bertz CT molecular complexity index is 425. The van der Waals surface area contributed by atoms with Gasteiger partial charge in [-0.1, -0.05) is 19.8 Å². The lowest BCUT2D eigenvalue weighted by Crippen LogP contribution is -2.10. The Labute approximate surface area is 120 Å². The van der Waals surface area contributed by atoms with Gasteiger partial charge in [-0.3, -0.25) is 4.79 Å². The fourth-order valence-corrected chi connectivity index (χ4v) is 2.82. The number of carbonyl (C=O) groups excluding carboxylic acids is 1. The summed E-state index contributed by atoms with van der Waals surface area (Å²) in [4.78, 5) is 15.2. The summed E-state index contributed by atoms with van der Waals surface area (Å²) in [5, 5.41) is -0.965. The maximum Gasteiger partial charge on any atom is 0.443 e. The highest BCUT2D eigenvalue weighted by molar-refractivity contribution is 7.13. The van der Waals surface area contributed by atoms with Crippen molar-refractivity contribution in [2.24, 2.45) is 11.7 Å². The van der Waals surface area contributed by atoms with Gasteiger partial charge in [0.1, 0.15) is 0 Å². The van der Waals surface area contributed by atoms with Crippen LogP contribution in [-0.4, -0.2) is 17.3 Å². The summed E-state index contributed by atoms with van der Waals surface area (Å²) in [5.74, 6) is 0.0973. The van der Waals surface area contributed by atoms with Crippen molar-refractivity contribution in [3.63, 3.8) is 0 Å². The van der Waals surface area contributed by atoms with E-state index < -0.39 is 11.2 Å². The normalized spacial score (nSPS) is 13.4. The fraction of sp³-hybridized carbons (Fsp3) is 0.692. The molecule has 3 nitrogen and oxygen atoms in total. The Balaban J connectivity index is 2.56. The predicted octanol–water partition coefficient (Wildman–Crippen LogP) is 3.89. The highest BCUT2D eigenvalue weighted by Gasteiger charge is 2.35. The van der Waals surface area contributed by atoms with Crippen molar-refractivity contribution in [1.29, 1.82) is 0 Å². The van der Waals surface area contributed by atoms with Gasteiger partial charge in [0.05, 0.1) is 4.88 Å². The largest absolute Gasteiger partial charge is 0.443 e. The summed E-state index contributed by atoms with van der Waals surface area (Å²) in [6.45, 7) is 2.63. The summed E-state index contributed by atoms with van der Waals surface area (Å²) >= 11 is 0.416. The van der Waals surface area contributed by atoms with E-state index in [1.54, 1.807) is 0 Å². The zero-order valence-electron chi connectivity index (χ0n) is 11.4. The van der Waals surface area contributed by atoms with Crippen LogP contribution in [-0.2, 0) is 6.18 Å². The Hall–Kier alpha value is -0.950. The van der Waals surface area contributed by atoms with Gasteiger partial charge in [-0.15, -0.1) is 11.3 Å². The monoisotopic (exact) mass is 308 g/mol. The number of hydrogen-bond acceptors (Lipinski definition) is 4. The molecular formula is C13H19F3N2OS. The average molecular weight is 308 g/mol. The van der Waals surface area contributed by atoms with Crippen molar-refractivity contribution >= 4 is 17.1 Å². The zero-order valence-corrected chi connectivity index (χ0v) is 12.2. The molecular weight excluding hydrogens is 289 g/mol. The van der Waals surface area contributed by atoms with Gasteiger partial charge in [-0.25, -0.2) is 4.98 Å². The lowest BCUT2D eigenvalue weighted by molar-refractivity contribution is -0.137. The highest BCUT2D eigenvalue weighted by atomic mass is 32.1. The van der Waals surface area contributed by atoms with E-state index in [0.717, 1.165) is 25.5 Å². The van der Waals surface area contributed by atoms with Gasteiger partial charge < -0.3 is 5.73 Å². The Kier molecular flexibility index (Phi) is 6.61. The van der Waals surface area contributed by atoms with E-state index in [2.05, 4.69) is 11.9 Å². The van der Waals surface area contributed by atoms with Crippen molar-refractivity contribution in [3.8, 4) is 0 Å². The molecule has 114 valence electrons. The first-order valence-electron chi connectivity index (χ1n) is 6.64. The minimum Gasteiger partial charge on any atom is -0.330 e. The predicted molar refractivity (Wildman–Crippen MR) is 72.7 cm³/mol. The molecule has 1 aromatic rings. The van der Waals surface area contributed by atoms with Crippen LogP contribution in [0, 0.1) is 5.92 Å². The number of rotatable bonds is 8. The number of alkyl halides is 3. The van der Waals surface area contributed by atoms with Crippen LogP contribution in [0.3, 0.4) is 0 Å². The summed E-state index contributed by atoms with van der Waals surface area (Å²) in [6.07, 6.45) is 0.310. The second-order valence-corrected chi connectivity index (χ2v) is 5.75. The molecule has 0 spiro atoms. The molecule has 0 aromatic carbocycles. The van der Waals surface area contributed by atoms with E-state index in [1.807, 2.05) is 0 Å². The van der Waals surface area contributed by atoms with Crippen molar-refractivity contribution in [2.45, 2.75) is 45.2 Å². The standard InChI is InChI=1S/C13H19F3N2OS/c1-2-3-9(6-7-17)4-5-10(19)11-8-18-12(20-11)13(14,15)16/h8-9H,2-7,17H2,1H3. The molecule has 0 aliphatic carbocycles. The maximum atomic E-state index is 12.4. The minimum absolute atomic E-state index is 0.0836. The fourth-order valence-electron chi connectivity index (χ4n) is 2.07. The molecule has 0 aliphatic rings. The number of hydrogen-bond donors (Lipinski definition) is 1. The number of halogens is 3. The molecule has 1 atom stereocenters. The molecule has 7 heteroatoms. The summed E-state index contributed by atoms with van der Waals surface area (Å²) in [6, 6.07) is 0. The van der Waals surface area contributed by atoms with Gasteiger partial charge in [-0.05, 0) is 25.3 Å². The Morgan fingerprint density at radius 3 is 2.60 bits per heavy atom. The van der Waals surface area contributed by atoms with E-state index in [4.69, 9.17) is 5.73 Å².